The molecule has 1 unspecified atom stereocenters. The van der Waals surface area contributed by atoms with Crippen molar-refractivity contribution in [1.82, 2.24) is 20.1 Å². The van der Waals surface area contributed by atoms with Gasteiger partial charge in [0.15, 0.2) is 0 Å². The summed E-state index contributed by atoms with van der Waals surface area (Å²) in [7, 11) is 0. The van der Waals surface area contributed by atoms with E-state index in [9.17, 15) is 9.59 Å². The lowest BCUT2D eigenvalue weighted by Gasteiger charge is -2.05. The predicted molar refractivity (Wildman–Crippen MR) is 91.6 cm³/mol. The van der Waals surface area contributed by atoms with Gasteiger partial charge in [0.1, 0.15) is 0 Å². The highest BCUT2D eigenvalue weighted by Crippen LogP contribution is 2.10. The van der Waals surface area contributed by atoms with Crippen molar-refractivity contribution in [3.8, 4) is 0 Å². The first-order chi connectivity index (χ1) is 11.5. The zero-order valence-corrected chi connectivity index (χ0v) is 13.3. The summed E-state index contributed by atoms with van der Waals surface area (Å²) in [5.41, 5.74) is 7.22. The van der Waals surface area contributed by atoms with Gasteiger partial charge in [-0.3, -0.25) is 14.3 Å². The number of aromatic amines is 1. The van der Waals surface area contributed by atoms with Crippen LogP contribution in [0.15, 0.2) is 47.5 Å². The van der Waals surface area contributed by atoms with Gasteiger partial charge < -0.3 is 16.0 Å². The summed E-state index contributed by atoms with van der Waals surface area (Å²) in [6.45, 7) is 2.56. The van der Waals surface area contributed by atoms with Crippen LogP contribution in [0.2, 0.25) is 0 Å². The van der Waals surface area contributed by atoms with E-state index < -0.39 is 0 Å². The van der Waals surface area contributed by atoms with E-state index in [0.717, 1.165) is 10.9 Å². The third-order valence-corrected chi connectivity index (χ3v) is 3.64. The Morgan fingerprint density at radius 1 is 1.42 bits per heavy atom. The van der Waals surface area contributed by atoms with E-state index in [4.69, 9.17) is 5.73 Å². The molecule has 7 nitrogen and oxygen atoms in total. The maximum Gasteiger partial charge on any atom is 0.254 e. The van der Waals surface area contributed by atoms with Crippen LogP contribution in [0.4, 0.5) is 0 Å². The molecule has 0 radical (unpaired) electrons. The highest BCUT2D eigenvalue weighted by atomic mass is 16.2. The summed E-state index contributed by atoms with van der Waals surface area (Å²) in [6.07, 6.45) is 3.13. The lowest BCUT2D eigenvalue weighted by Crippen LogP contribution is -2.26. The fourth-order valence-electron chi connectivity index (χ4n) is 2.48. The molecule has 0 saturated carbocycles. The van der Waals surface area contributed by atoms with Crippen molar-refractivity contribution < 1.29 is 4.79 Å². The molecule has 1 aromatic carbocycles. The van der Waals surface area contributed by atoms with Gasteiger partial charge in [-0.05, 0) is 24.4 Å². The van der Waals surface area contributed by atoms with Crippen molar-refractivity contribution in [3.63, 3.8) is 0 Å². The number of H-pyrrole nitrogens is 1. The van der Waals surface area contributed by atoms with E-state index in [1.165, 1.54) is 6.20 Å². The number of carbonyl (C=O) groups is 1. The van der Waals surface area contributed by atoms with Crippen LogP contribution in [0, 0.1) is 0 Å². The molecule has 0 aliphatic heterocycles. The normalized spacial score (nSPS) is 12.2. The highest BCUT2D eigenvalue weighted by molar-refractivity contribution is 5.93. The van der Waals surface area contributed by atoms with Gasteiger partial charge in [-0.1, -0.05) is 18.2 Å². The average molecular weight is 325 g/mol. The number of fused-ring (bicyclic) bond motifs is 1. The van der Waals surface area contributed by atoms with Crippen molar-refractivity contribution in [2.75, 3.05) is 0 Å². The molecular formula is C17H19N5O2. The topological polar surface area (TPSA) is 106 Å². The van der Waals surface area contributed by atoms with Gasteiger partial charge in [0.05, 0.1) is 18.3 Å². The molecule has 24 heavy (non-hydrogen) atoms. The molecule has 3 aromatic rings. The van der Waals surface area contributed by atoms with Crippen LogP contribution < -0.4 is 16.6 Å². The minimum absolute atomic E-state index is 0.0445. The Kier molecular flexibility index (Phi) is 4.43. The van der Waals surface area contributed by atoms with Crippen LogP contribution >= 0.6 is 0 Å². The molecule has 1 amide bonds. The molecule has 0 aliphatic carbocycles. The van der Waals surface area contributed by atoms with Gasteiger partial charge in [0.25, 0.3) is 11.5 Å². The zero-order chi connectivity index (χ0) is 17.1. The number of rotatable bonds is 5. The standard InChI is InChI=1S/C17H19N5O2/c1-11(18)9-22-10-14(8-20-22)16(23)19-7-13-6-12-4-2-3-5-15(12)21-17(13)24/h2-6,8,10-11H,7,9,18H2,1H3,(H,19,23)(H,21,24). The fraction of sp³-hybridized carbons (Fsp3) is 0.235. The smallest absolute Gasteiger partial charge is 0.254 e. The Morgan fingerprint density at radius 2 is 2.21 bits per heavy atom. The third-order valence-electron chi connectivity index (χ3n) is 3.64. The lowest BCUT2D eigenvalue weighted by atomic mass is 10.1. The van der Waals surface area contributed by atoms with Crippen LogP contribution in [-0.2, 0) is 13.1 Å². The molecule has 0 spiro atoms. The second-order valence-electron chi connectivity index (χ2n) is 5.82. The van der Waals surface area contributed by atoms with Gasteiger partial charge >= 0.3 is 0 Å². The van der Waals surface area contributed by atoms with Gasteiger partial charge in [0.2, 0.25) is 0 Å². The monoisotopic (exact) mass is 325 g/mol. The van der Waals surface area contributed by atoms with Crippen molar-refractivity contribution in [2.45, 2.75) is 26.1 Å². The Bertz CT molecular complexity index is 926. The van der Waals surface area contributed by atoms with Gasteiger partial charge in [0, 0.05) is 29.9 Å². The summed E-state index contributed by atoms with van der Waals surface area (Å²) >= 11 is 0. The zero-order valence-electron chi connectivity index (χ0n) is 13.3. The van der Waals surface area contributed by atoms with Crippen LogP contribution in [0.1, 0.15) is 22.8 Å². The molecule has 2 aromatic heterocycles. The predicted octanol–water partition coefficient (Wildman–Crippen LogP) is 1.00. The first-order valence-corrected chi connectivity index (χ1v) is 7.70. The minimum atomic E-state index is -0.279. The minimum Gasteiger partial charge on any atom is -0.348 e. The second kappa shape index (κ2) is 6.67. The summed E-state index contributed by atoms with van der Waals surface area (Å²) < 4.78 is 1.63. The Balaban J connectivity index is 1.71. The van der Waals surface area contributed by atoms with Crippen molar-refractivity contribution >= 4 is 16.8 Å². The SMILES string of the molecule is CC(N)Cn1cc(C(=O)NCc2cc3ccccc3[nH]c2=O)cn1. The van der Waals surface area contributed by atoms with E-state index in [1.807, 2.05) is 31.2 Å². The molecular weight excluding hydrogens is 306 g/mol. The van der Waals surface area contributed by atoms with Crippen LogP contribution in [-0.4, -0.2) is 26.7 Å². The largest absolute Gasteiger partial charge is 0.348 e. The fourth-order valence-corrected chi connectivity index (χ4v) is 2.48. The third kappa shape index (κ3) is 3.52. The number of pyridine rings is 1. The van der Waals surface area contributed by atoms with Crippen molar-refractivity contribution in [1.29, 1.82) is 0 Å². The van der Waals surface area contributed by atoms with Crippen LogP contribution in [0.5, 0.6) is 0 Å². The summed E-state index contributed by atoms with van der Waals surface area (Å²) in [4.78, 5) is 27.1. The van der Waals surface area contributed by atoms with Crippen molar-refractivity contribution in [2.24, 2.45) is 5.73 Å². The molecule has 0 bridgehead atoms. The van der Waals surface area contributed by atoms with E-state index in [1.54, 1.807) is 16.9 Å². The quantitative estimate of drug-likeness (QED) is 0.650. The number of para-hydroxylation sites is 1. The molecule has 4 N–H and O–H groups in total. The number of aromatic nitrogens is 3. The molecule has 0 saturated heterocycles. The van der Waals surface area contributed by atoms with Gasteiger partial charge in [-0.25, -0.2) is 0 Å². The number of benzene rings is 1. The first kappa shape index (κ1) is 15.9. The maximum absolute atomic E-state index is 12.2. The summed E-state index contributed by atoms with van der Waals surface area (Å²) in [5.74, 6) is -0.279. The van der Waals surface area contributed by atoms with Gasteiger partial charge in [-0.2, -0.15) is 5.10 Å². The summed E-state index contributed by atoms with van der Waals surface area (Å²) in [6, 6.07) is 9.25. The number of nitrogens with one attached hydrogen (secondary N) is 2. The highest BCUT2D eigenvalue weighted by Gasteiger charge is 2.10. The number of nitrogens with zero attached hydrogens (tertiary/aromatic N) is 2. The average Bonchev–Trinajstić information content (AvgIpc) is 3.00. The van der Waals surface area contributed by atoms with E-state index in [2.05, 4.69) is 15.4 Å². The molecule has 3 rings (SSSR count). The molecule has 7 heteroatoms. The number of nitrogens with two attached hydrogens (primary N) is 1. The number of carbonyl (C=O) groups excluding carboxylic acids is 1. The maximum atomic E-state index is 12.2. The van der Waals surface area contributed by atoms with Crippen molar-refractivity contribution in [3.05, 3.63) is 64.2 Å². The van der Waals surface area contributed by atoms with Crippen LogP contribution in [0.3, 0.4) is 0 Å². The first-order valence-electron chi connectivity index (χ1n) is 7.70. The van der Waals surface area contributed by atoms with E-state index in [-0.39, 0.29) is 24.1 Å². The lowest BCUT2D eigenvalue weighted by molar-refractivity contribution is 0.0950. The number of hydrogen-bond acceptors (Lipinski definition) is 4. The molecule has 124 valence electrons. The summed E-state index contributed by atoms with van der Waals surface area (Å²) in [5, 5.41) is 7.77. The number of amides is 1. The Morgan fingerprint density at radius 3 is 3.00 bits per heavy atom. The van der Waals surface area contributed by atoms with Crippen LogP contribution in [0.25, 0.3) is 10.9 Å². The van der Waals surface area contributed by atoms with E-state index >= 15 is 0 Å². The molecule has 1 atom stereocenters. The Hall–Kier alpha value is -2.93. The Labute approximate surface area is 138 Å². The molecule has 0 fully saturated rings. The number of hydrogen-bond donors (Lipinski definition) is 3. The van der Waals surface area contributed by atoms with Gasteiger partial charge in [-0.15, -0.1) is 0 Å². The second-order valence-corrected chi connectivity index (χ2v) is 5.82. The molecule has 0 aliphatic rings. The van der Waals surface area contributed by atoms with E-state index in [0.29, 0.717) is 17.7 Å². The molecule has 2 heterocycles.